The summed E-state index contributed by atoms with van der Waals surface area (Å²) >= 11 is 6.02. The normalized spacial score (nSPS) is 20.4. The number of piperidine rings is 1. The van der Waals surface area contributed by atoms with Crippen LogP contribution in [0.2, 0.25) is 5.02 Å². The van der Waals surface area contributed by atoms with Crippen LogP contribution in [0.25, 0.3) is 0 Å². The van der Waals surface area contributed by atoms with E-state index in [-0.39, 0.29) is 11.9 Å². The van der Waals surface area contributed by atoms with E-state index in [1.165, 1.54) is 6.42 Å². The molecule has 110 valence electrons. The average Bonchev–Trinajstić information content (AvgIpc) is 2.46. The molecule has 1 amide bonds. The number of rotatable bonds is 5. The number of nitrogens with one attached hydrogen (secondary N) is 2. The molecule has 2 N–H and O–H groups in total. The Morgan fingerprint density at radius 3 is 3.05 bits per heavy atom. The number of carbonyl (C=O) groups is 1. The van der Waals surface area contributed by atoms with Gasteiger partial charge in [0.2, 0.25) is 5.91 Å². The highest BCUT2D eigenvalue weighted by Crippen LogP contribution is 2.21. The molecule has 0 spiro atoms. The SMILES string of the molecule is CCC(NC(=O)CC1CCCNC1)c1cccc(Cl)c1. The van der Waals surface area contributed by atoms with Gasteiger partial charge in [0.05, 0.1) is 6.04 Å². The van der Waals surface area contributed by atoms with Gasteiger partial charge in [0.25, 0.3) is 0 Å². The van der Waals surface area contributed by atoms with Crippen molar-refractivity contribution in [3.05, 3.63) is 34.9 Å². The molecule has 1 aliphatic heterocycles. The Morgan fingerprint density at radius 2 is 2.40 bits per heavy atom. The van der Waals surface area contributed by atoms with Gasteiger partial charge in [0.1, 0.15) is 0 Å². The van der Waals surface area contributed by atoms with Crippen LogP contribution >= 0.6 is 11.6 Å². The highest BCUT2D eigenvalue weighted by atomic mass is 35.5. The van der Waals surface area contributed by atoms with Gasteiger partial charge in [-0.05, 0) is 56.0 Å². The second-order valence-electron chi connectivity index (χ2n) is 5.50. The van der Waals surface area contributed by atoms with Crippen molar-refractivity contribution in [2.24, 2.45) is 5.92 Å². The first-order valence-electron chi connectivity index (χ1n) is 7.44. The fourth-order valence-corrected chi connectivity index (χ4v) is 2.96. The summed E-state index contributed by atoms with van der Waals surface area (Å²) in [4.78, 5) is 12.2. The van der Waals surface area contributed by atoms with Crippen molar-refractivity contribution in [2.75, 3.05) is 13.1 Å². The minimum Gasteiger partial charge on any atom is -0.349 e. The van der Waals surface area contributed by atoms with Crippen LogP contribution in [0.5, 0.6) is 0 Å². The van der Waals surface area contributed by atoms with Gasteiger partial charge in [-0.2, -0.15) is 0 Å². The van der Waals surface area contributed by atoms with E-state index in [0.717, 1.165) is 31.5 Å². The lowest BCUT2D eigenvalue weighted by Gasteiger charge is -2.24. The van der Waals surface area contributed by atoms with Gasteiger partial charge in [-0.25, -0.2) is 0 Å². The van der Waals surface area contributed by atoms with Crippen molar-refractivity contribution in [3.63, 3.8) is 0 Å². The zero-order chi connectivity index (χ0) is 14.4. The van der Waals surface area contributed by atoms with Gasteiger partial charge in [0, 0.05) is 11.4 Å². The zero-order valence-electron chi connectivity index (χ0n) is 12.0. The topological polar surface area (TPSA) is 41.1 Å². The van der Waals surface area contributed by atoms with E-state index in [2.05, 4.69) is 17.6 Å². The molecule has 0 aliphatic carbocycles. The number of amides is 1. The van der Waals surface area contributed by atoms with Crippen molar-refractivity contribution in [1.82, 2.24) is 10.6 Å². The van der Waals surface area contributed by atoms with Crippen LogP contribution in [0, 0.1) is 5.92 Å². The quantitative estimate of drug-likeness (QED) is 0.875. The highest BCUT2D eigenvalue weighted by Gasteiger charge is 2.19. The third-order valence-corrected chi connectivity index (χ3v) is 4.10. The molecule has 1 aliphatic rings. The lowest BCUT2D eigenvalue weighted by molar-refractivity contribution is -0.122. The van der Waals surface area contributed by atoms with E-state index in [1.54, 1.807) is 0 Å². The predicted octanol–water partition coefficient (Wildman–Crippen LogP) is 3.30. The highest BCUT2D eigenvalue weighted by molar-refractivity contribution is 6.30. The Morgan fingerprint density at radius 1 is 1.55 bits per heavy atom. The molecule has 0 saturated carbocycles. The molecule has 0 aromatic heterocycles. The fraction of sp³-hybridized carbons (Fsp3) is 0.562. The summed E-state index contributed by atoms with van der Waals surface area (Å²) in [6.07, 6.45) is 3.80. The second kappa shape index (κ2) is 7.65. The van der Waals surface area contributed by atoms with Crippen LogP contribution in [-0.4, -0.2) is 19.0 Å². The molecule has 1 fully saturated rings. The summed E-state index contributed by atoms with van der Waals surface area (Å²) in [6.45, 7) is 4.12. The second-order valence-corrected chi connectivity index (χ2v) is 5.94. The van der Waals surface area contributed by atoms with Gasteiger partial charge in [-0.15, -0.1) is 0 Å². The van der Waals surface area contributed by atoms with Gasteiger partial charge in [0.15, 0.2) is 0 Å². The predicted molar refractivity (Wildman–Crippen MR) is 82.8 cm³/mol. The minimum atomic E-state index is 0.0535. The molecule has 2 unspecified atom stereocenters. The maximum atomic E-state index is 12.2. The summed E-state index contributed by atoms with van der Waals surface area (Å²) in [6, 6.07) is 7.78. The van der Waals surface area contributed by atoms with Crippen LogP contribution in [0.15, 0.2) is 24.3 Å². The lowest BCUT2D eigenvalue weighted by atomic mass is 9.95. The molecular formula is C16H23ClN2O. The number of hydrogen-bond donors (Lipinski definition) is 2. The van der Waals surface area contributed by atoms with E-state index in [9.17, 15) is 4.79 Å². The minimum absolute atomic E-state index is 0.0535. The van der Waals surface area contributed by atoms with E-state index in [0.29, 0.717) is 17.4 Å². The smallest absolute Gasteiger partial charge is 0.220 e. The largest absolute Gasteiger partial charge is 0.349 e. The molecule has 0 bridgehead atoms. The number of hydrogen-bond acceptors (Lipinski definition) is 2. The third kappa shape index (κ3) is 4.50. The van der Waals surface area contributed by atoms with Gasteiger partial charge >= 0.3 is 0 Å². The molecule has 1 saturated heterocycles. The summed E-state index contributed by atoms with van der Waals surface area (Å²) in [5.41, 5.74) is 1.08. The monoisotopic (exact) mass is 294 g/mol. The van der Waals surface area contributed by atoms with Gasteiger partial charge in [-0.1, -0.05) is 30.7 Å². The summed E-state index contributed by atoms with van der Waals surface area (Å²) in [5, 5.41) is 7.20. The first kappa shape index (κ1) is 15.3. The van der Waals surface area contributed by atoms with Crippen LogP contribution in [0.3, 0.4) is 0 Å². The Bertz CT molecular complexity index is 444. The maximum absolute atomic E-state index is 12.2. The van der Waals surface area contributed by atoms with Crippen molar-refractivity contribution in [3.8, 4) is 0 Å². The molecule has 3 nitrogen and oxygen atoms in total. The van der Waals surface area contributed by atoms with Crippen LogP contribution in [0.1, 0.15) is 44.2 Å². The van der Waals surface area contributed by atoms with Gasteiger partial charge in [-0.3, -0.25) is 4.79 Å². The first-order chi connectivity index (χ1) is 9.69. The van der Waals surface area contributed by atoms with Crippen molar-refractivity contribution >= 4 is 17.5 Å². The third-order valence-electron chi connectivity index (χ3n) is 3.87. The average molecular weight is 295 g/mol. The number of carbonyl (C=O) groups excluding carboxylic acids is 1. The Balaban J connectivity index is 1.90. The summed E-state index contributed by atoms with van der Waals surface area (Å²) in [5.74, 6) is 0.617. The van der Waals surface area contributed by atoms with E-state index >= 15 is 0 Å². The molecule has 2 atom stereocenters. The lowest BCUT2D eigenvalue weighted by Crippen LogP contribution is -2.35. The van der Waals surface area contributed by atoms with E-state index in [1.807, 2.05) is 24.3 Å². The summed E-state index contributed by atoms with van der Waals surface area (Å²) in [7, 11) is 0. The fourth-order valence-electron chi connectivity index (χ4n) is 2.76. The van der Waals surface area contributed by atoms with Crippen molar-refractivity contribution in [1.29, 1.82) is 0 Å². The Labute approximate surface area is 126 Å². The van der Waals surface area contributed by atoms with Crippen LogP contribution < -0.4 is 10.6 Å². The first-order valence-corrected chi connectivity index (χ1v) is 7.82. The molecule has 1 aromatic carbocycles. The Kier molecular flexibility index (Phi) is 5.86. The number of halogens is 1. The number of benzene rings is 1. The molecule has 0 radical (unpaired) electrons. The molecule has 1 heterocycles. The molecule has 20 heavy (non-hydrogen) atoms. The van der Waals surface area contributed by atoms with Crippen molar-refractivity contribution in [2.45, 2.75) is 38.6 Å². The zero-order valence-corrected chi connectivity index (χ0v) is 12.7. The molecule has 1 aromatic rings. The molecule has 4 heteroatoms. The maximum Gasteiger partial charge on any atom is 0.220 e. The Hall–Kier alpha value is -1.06. The molecular weight excluding hydrogens is 272 g/mol. The summed E-state index contributed by atoms with van der Waals surface area (Å²) < 4.78 is 0. The molecule has 2 rings (SSSR count). The van der Waals surface area contributed by atoms with Gasteiger partial charge < -0.3 is 10.6 Å². The van der Waals surface area contributed by atoms with Crippen LogP contribution in [-0.2, 0) is 4.79 Å². The standard InChI is InChI=1S/C16H23ClN2O/c1-2-15(13-6-3-7-14(17)10-13)19-16(20)9-12-5-4-8-18-11-12/h3,6-7,10,12,15,18H,2,4-5,8-9,11H2,1H3,(H,19,20). The van der Waals surface area contributed by atoms with Crippen molar-refractivity contribution < 1.29 is 4.79 Å². The van der Waals surface area contributed by atoms with E-state index in [4.69, 9.17) is 11.6 Å². The van der Waals surface area contributed by atoms with Crippen LogP contribution in [0.4, 0.5) is 0 Å². The van der Waals surface area contributed by atoms with E-state index < -0.39 is 0 Å².